The Balaban J connectivity index is 0.000000271. The summed E-state index contributed by atoms with van der Waals surface area (Å²) in [6, 6.07) is -7.11. The van der Waals surface area contributed by atoms with Gasteiger partial charge in [-0.05, 0) is 163 Å². The second-order valence-corrected chi connectivity index (χ2v) is 34.5. The lowest BCUT2D eigenvalue weighted by Gasteiger charge is -2.39. The molecule has 10 amide bonds. The van der Waals surface area contributed by atoms with Crippen molar-refractivity contribution in [2.24, 2.45) is 57.2 Å². The van der Waals surface area contributed by atoms with Gasteiger partial charge < -0.3 is 66.9 Å². The van der Waals surface area contributed by atoms with Gasteiger partial charge in [-0.3, -0.25) is 43.2 Å². The first kappa shape index (κ1) is 77.3. The lowest BCUT2D eigenvalue weighted by molar-refractivity contribution is -0.147. The van der Waals surface area contributed by atoms with Crippen molar-refractivity contribution in [3.05, 3.63) is 0 Å². The quantitative estimate of drug-likeness (QED) is 0.0440. The van der Waals surface area contributed by atoms with E-state index in [1.807, 2.05) is 55.4 Å². The van der Waals surface area contributed by atoms with E-state index in [0.717, 1.165) is 89.9 Å². The Morgan fingerprint density at radius 2 is 0.854 bits per heavy atom. The third-order valence-electron chi connectivity index (χ3n) is 21.3. The van der Waals surface area contributed by atoms with Crippen molar-refractivity contribution in [1.29, 1.82) is 0 Å². The molecule has 2 saturated heterocycles. The van der Waals surface area contributed by atoms with E-state index in [1.165, 1.54) is 0 Å². The molecule has 0 bridgehead atoms. The Morgan fingerprint density at radius 3 is 1.21 bits per heavy atom. The van der Waals surface area contributed by atoms with Crippen LogP contribution in [0.2, 0.25) is 0 Å². The predicted molar refractivity (Wildman–Crippen MR) is 362 cm³/mol. The summed E-state index contributed by atoms with van der Waals surface area (Å²) in [5, 5.41) is 33.8. The molecule has 0 radical (unpaired) electrons. The largest absolute Gasteiger partial charge is 0.444 e. The number of nitrogens with zero attached hydrogens (tertiary/aromatic N) is 2. The number of amides is 10. The average molecular weight is 1350 g/mol. The minimum absolute atomic E-state index is 0.0111. The first-order valence-electron chi connectivity index (χ1n) is 36.2. The fourth-order valence-corrected chi connectivity index (χ4v) is 15.4. The number of nitrogens with one attached hydrogen (secondary N) is 8. The molecule has 0 aromatic carbocycles. The number of likely N-dealkylation sites (tertiary alicyclic amines) is 2. The summed E-state index contributed by atoms with van der Waals surface area (Å²) in [4.78, 5) is 153. The topological polar surface area (TPSA) is 329 Å². The van der Waals surface area contributed by atoms with E-state index in [1.54, 1.807) is 51.3 Å². The van der Waals surface area contributed by atoms with Crippen LogP contribution >= 0.6 is 0 Å². The van der Waals surface area contributed by atoms with Crippen LogP contribution in [0, 0.1) is 57.2 Å². The molecule has 24 nitrogen and oxygen atoms in total. The van der Waals surface area contributed by atoms with Crippen molar-refractivity contribution in [1.82, 2.24) is 52.3 Å². The SMILES string of the molecule is CCC[C@H](NC(=O)[C@@H]1[C@@H]2[C@H](CN1C(=O)[C@@H](NC(=O)[C@@H](NC(=O)OC(C)(C)C)C1CCCCC1)C(C)(C)C)C2(C)C)C(=O)C(=O)NC1CC1.CCC[C@H](NC(=O)[C@@H]1[C@@H]2[C@H](CN1C(=O)[C@@H](NC(=O)[C@@H](NC(=O)OC(C)(C)C)C1CCCCC1)C(C)(C)C)C2(C)C)C(O)C(=O)NC1CC1. The maximum absolute atomic E-state index is 14.5. The standard InChI is InChI=1S/C36H61N5O7.C36H59N5O7/c2*1-10-14-23(27(42)31(45)37-21-17-18-21)38-30(44)26-24-22(36(24,8)9)19-41(26)32(46)28(34(2,3)4)40-29(43)25(20-15-12-11-13-16-20)39-33(47)48-35(5,6)7/h20-28,42H,10-19H2,1-9H3,(H,37,45)(H,38,44)(H,39,47)(H,40,43);20-26,28H,10-19H2,1-9H3,(H,37,45)(H,38,44)(H,39,47)(H,40,43)/t22-,23-,24-,25-,26-,27?,28+;22-,23-,24-,25-,26-,28+/m00/s1. The summed E-state index contributed by atoms with van der Waals surface area (Å²) in [6.07, 6.45) is 11.6. The molecule has 6 saturated carbocycles. The summed E-state index contributed by atoms with van der Waals surface area (Å²) in [6.45, 7) is 34.6. The molecule has 8 aliphatic rings. The van der Waals surface area contributed by atoms with Crippen molar-refractivity contribution in [3.63, 3.8) is 0 Å². The highest BCUT2D eigenvalue weighted by atomic mass is 16.6. The van der Waals surface area contributed by atoms with E-state index in [9.17, 15) is 57.8 Å². The number of aliphatic hydroxyl groups excluding tert-OH is 1. The molecule has 9 N–H and O–H groups in total. The van der Waals surface area contributed by atoms with E-state index in [2.05, 4.69) is 70.2 Å². The fourth-order valence-electron chi connectivity index (χ4n) is 15.4. The Bertz CT molecular complexity index is 2850. The van der Waals surface area contributed by atoms with Gasteiger partial charge in [0.1, 0.15) is 47.5 Å². The molecule has 2 heterocycles. The highest BCUT2D eigenvalue weighted by Crippen LogP contribution is 2.66. The van der Waals surface area contributed by atoms with Gasteiger partial charge in [-0.2, -0.15) is 0 Å². The lowest BCUT2D eigenvalue weighted by Crippen LogP contribution is -2.63. The van der Waals surface area contributed by atoms with Gasteiger partial charge in [0.15, 0.2) is 6.10 Å². The molecule has 1 unspecified atom stereocenters. The first-order valence-corrected chi connectivity index (χ1v) is 36.2. The molecule has 542 valence electrons. The molecule has 8 fully saturated rings. The second-order valence-electron chi connectivity index (χ2n) is 34.5. The number of ether oxygens (including phenoxy) is 2. The van der Waals surface area contributed by atoms with Crippen LogP contribution in [0.25, 0.3) is 0 Å². The third kappa shape index (κ3) is 19.6. The van der Waals surface area contributed by atoms with Crippen LogP contribution in [-0.4, -0.2) is 171 Å². The van der Waals surface area contributed by atoms with Crippen LogP contribution in [0.3, 0.4) is 0 Å². The summed E-state index contributed by atoms with van der Waals surface area (Å²) in [5.41, 5.74) is -3.29. The van der Waals surface area contributed by atoms with Crippen molar-refractivity contribution >= 4 is 65.2 Å². The number of hydrogen-bond donors (Lipinski definition) is 9. The van der Waals surface area contributed by atoms with Crippen molar-refractivity contribution in [2.75, 3.05) is 13.1 Å². The van der Waals surface area contributed by atoms with Gasteiger partial charge in [0, 0.05) is 25.2 Å². The molecule has 0 spiro atoms. The summed E-state index contributed by atoms with van der Waals surface area (Å²) < 4.78 is 11.0. The summed E-state index contributed by atoms with van der Waals surface area (Å²) in [5.74, 6) is -4.62. The fraction of sp³-hybridized carbons (Fsp3) is 0.847. The van der Waals surface area contributed by atoms with Crippen molar-refractivity contribution in [3.8, 4) is 0 Å². The Labute approximate surface area is 570 Å². The predicted octanol–water partition coefficient (Wildman–Crippen LogP) is 7.00. The first-order chi connectivity index (χ1) is 44.5. The van der Waals surface area contributed by atoms with Crippen LogP contribution in [0.15, 0.2) is 0 Å². The number of carbonyl (C=O) groups excluding carboxylic acids is 11. The van der Waals surface area contributed by atoms with Gasteiger partial charge in [-0.1, -0.05) is 134 Å². The third-order valence-corrected chi connectivity index (χ3v) is 21.3. The molecular formula is C72H120N10O14. The van der Waals surface area contributed by atoms with Crippen LogP contribution in [0.1, 0.15) is 240 Å². The monoisotopic (exact) mass is 1350 g/mol. The lowest BCUT2D eigenvalue weighted by atomic mass is 9.82. The molecular weight excluding hydrogens is 1230 g/mol. The molecule has 0 aromatic rings. The number of carbonyl (C=O) groups is 11. The number of hydrogen-bond acceptors (Lipinski definition) is 14. The van der Waals surface area contributed by atoms with E-state index in [-0.39, 0.29) is 70.2 Å². The van der Waals surface area contributed by atoms with Gasteiger partial charge in [0.25, 0.3) is 11.8 Å². The van der Waals surface area contributed by atoms with Crippen LogP contribution in [0.5, 0.6) is 0 Å². The van der Waals surface area contributed by atoms with Crippen LogP contribution in [0.4, 0.5) is 9.59 Å². The van der Waals surface area contributed by atoms with Gasteiger partial charge in [-0.15, -0.1) is 0 Å². The molecule has 6 aliphatic carbocycles. The van der Waals surface area contributed by atoms with E-state index >= 15 is 0 Å². The number of Topliss-reactive ketones (excluding diaryl/α,β-unsaturated/α-hetero) is 1. The summed E-state index contributed by atoms with van der Waals surface area (Å²) >= 11 is 0. The number of piperidine rings is 2. The molecule has 13 atom stereocenters. The van der Waals surface area contributed by atoms with Crippen LogP contribution < -0.4 is 42.5 Å². The minimum Gasteiger partial charge on any atom is -0.444 e. The van der Waals surface area contributed by atoms with Gasteiger partial charge in [0.2, 0.25) is 41.2 Å². The van der Waals surface area contributed by atoms with Gasteiger partial charge in [-0.25, -0.2) is 9.59 Å². The second kappa shape index (κ2) is 30.6. The van der Waals surface area contributed by atoms with Crippen molar-refractivity contribution in [2.45, 2.75) is 318 Å². The van der Waals surface area contributed by atoms with E-state index in [4.69, 9.17) is 9.47 Å². The molecule has 2 aliphatic heterocycles. The van der Waals surface area contributed by atoms with E-state index < -0.39 is 130 Å². The van der Waals surface area contributed by atoms with Crippen LogP contribution in [-0.2, 0) is 52.6 Å². The molecule has 96 heavy (non-hydrogen) atoms. The maximum atomic E-state index is 14.5. The number of fused-ring (bicyclic) bond motifs is 2. The maximum Gasteiger partial charge on any atom is 0.408 e. The number of aliphatic hydroxyl groups is 1. The zero-order chi connectivity index (χ0) is 71.5. The molecule has 8 rings (SSSR count). The zero-order valence-electron chi connectivity index (χ0n) is 61.1. The smallest absolute Gasteiger partial charge is 0.408 e. The number of alkyl carbamates (subject to hydrolysis) is 2. The van der Waals surface area contributed by atoms with Gasteiger partial charge >= 0.3 is 12.2 Å². The Hall–Kier alpha value is -6.07. The molecule has 24 heteroatoms. The average Bonchev–Trinajstić information content (AvgIpc) is 1.53. The van der Waals surface area contributed by atoms with Gasteiger partial charge in [0.05, 0.1) is 12.1 Å². The normalized spacial score (nSPS) is 25.9. The highest BCUT2D eigenvalue weighted by Gasteiger charge is 2.71. The van der Waals surface area contributed by atoms with E-state index in [0.29, 0.717) is 38.8 Å². The number of rotatable bonds is 24. The number of ketones is 1. The molecule has 0 aromatic heterocycles. The minimum atomic E-state index is -1.40. The Kier molecular flexibility index (Phi) is 24.6. The van der Waals surface area contributed by atoms with Crippen molar-refractivity contribution < 1.29 is 67.3 Å². The zero-order valence-corrected chi connectivity index (χ0v) is 61.1. The summed E-state index contributed by atoms with van der Waals surface area (Å²) in [7, 11) is 0. The highest BCUT2D eigenvalue weighted by molar-refractivity contribution is 6.38. The Morgan fingerprint density at radius 1 is 0.479 bits per heavy atom.